The maximum Gasteiger partial charge on any atom is 0.0467 e. The Balaban J connectivity index is 3.72. The van der Waals surface area contributed by atoms with Gasteiger partial charge in [0.05, 0.1) is 0 Å². The van der Waals surface area contributed by atoms with Crippen LogP contribution in [0.5, 0.6) is 0 Å². The largest absolute Gasteiger partial charge is 0.327 e. The van der Waals surface area contributed by atoms with Crippen molar-refractivity contribution in [1.82, 2.24) is 0 Å². The van der Waals surface area contributed by atoms with Crippen LogP contribution in [0.4, 0.5) is 0 Å². The van der Waals surface area contributed by atoms with Gasteiger partial charge in [-0.1, -0.05) is 6.92 Å². The van der Waals surface area contributed by atoms with Crippen LogP contribution in [0.3, 0.4) is 0 Å². The summed E-state index contributed by atoms with van der Waals surface area (Å²) in [6, 6.07) is 0.0934. The van der Waals surface area contributed by atoms with Gasteiger partial charge in [-0.05, 0) is 13.3 Å². The maximum atomic E-state index is 10.8. The molecule has 3 atom stereocenters. The molecule has 0 saturated heterocycles. The lowest BCUT2D eigenvalue weighted by Gasteiger charge is -2.14. The zero-order valence-electron chi connectivity index (χ0n) is 6.26. The molecule has 0 rings (SSSR count). The first-order valence-electron chi connectivity index (χ1n) is 3.17. The molecule has 0 saturated carbocycles. The Morgan fingerprint density at radius 2 is 2.11 bits per heavy atom. The van der Waals surface area contributed by atoms with Crippen molar-refractivity contribution in [3.05, 3.63) is 0 Å². The molecule has 3 heteroatoms. The molecule has 0 fully saturated rings. The lowest BCUT2D eigenvalue weighted by molar-refractivity contribution is 0.613. The molecule has 2 N–H and O–H groups in total. The summed E-state index contributed by atoms with van der Waals surface area (Å²) < 4.78 is 10.8. The summed E-state index contributed by atoms with van der Waals surface area (Å²) >= 11 is 0. The summed E-state index contributed by atoms with van der Waals surface area (Å²) in [6.07, 6.45) is 2.60. The molecule has 0 bridgehead atoms. The molecule has 0 amide bonds. The predicted molar refractivity (Wildman–Crippen MR) is 41.8 cm³/mol. The van der Waals surface area contributed by atoms with E-state index in [4.69, 9.17) is 5.73 Å². The molecule has 0 heterocycles. The van der Waals surface area contributed by atoms with E-state index in [1.165, 1.54) is 0 Å². The van der Waals surface area contributed by atoms with Gasteiger partial charge in [-0.2, -0.15) is 0 Å². The minimum atomic E-state index is -0.765. The fraction of sp³-hybridized carbons (Fsp3) is 1.00. The second-order valence-electron chi connectivity index (χ2n) is 2.28. The van der Waals surface area contributed by atoms with Crippen LogP contribution < -0.4 is 5.73 Å². The quantitative estimate of drug-likeness (QED) is 0.634. The van der Waals surface area contributed by atoms with Crippen molar-refractivity contribution in [2.75, 3.05) is 6.26 Å². The Morgan fingerprint density at radius 3 is 2.22 bits per heavy atom. The summed E-state index contributed by atoms with van der Waals surface area (Å²) in [7, 11) is -0.765. The smallest absolute Gasteiger partial charge is 0.0467 e. The molecule has 0 aliphatic heterocycles. The summed E-state index contributed by atoms with van der Waals surface area (Å²) in [5.74, 6) is 0. The van der Waals surface area contributed by atoms with Crippen molar-refractivity contribution in [2.45, 2.75) is 31.6 Å². The average molecular weight is 149 g/mol. The van der Waals surface area contributed by atoms with Crippen LogP contribution in [-0.4, -0.2) is 21.8 Å². The Kier molecular flexibility index (Phi) is 4.06. The van der Waals surface area contributed by atoms with Gasteiger partial charge in [-0.25, -0.2) is 0 Å². The SMILES string of the molecule is CCC(N)C(C)S(C)=O. The molecule has 0 aromatic heterocycles. The van der Waals surface area contributed by atoms with Crippen molar-refractivity contribution in [2.24, 2.45) is 5.73 Å². The molecule has 0 spiro atoms. The van der Waals surface area contributed by atoms with Crippen LogP contribution in [0.25, 0.3) is 0 Å². The van der Waals surface area contributed by atoms with Gasteiger partial charge in [0.2, 0.25) is 0 Å². The standard InChI is InChI=1S/C6H15NOS/c1-4-6(7)5(2)9(3)8/h5-6H,4,7H2,1-3H3. The molecule has 0 aliphatic carbocycles. The van der Waals surface area contributed by atoms with Crippen LogP contribution in [0.15, 0.2) is 0 Å². The van der Waals surface area contributed by atoms with E-state index in [0.717, 1.165) is 6.42 Å². The zero-order chi connectivity index (χ0) is 7.44. The Bertz CT molecular complexity index is 105. The third kappa shape index (κ3) is 2.96. The van der Waals surface area contributed by atoms with Gasteiger partial charge in [0.1, 0.15) is 0 Å². The van der Waals surface area contributed by atoms with Crippen molar-refractivity contribution in [1.29, 1.82) is 0 Å². The van der Waals surface area contributed by atoms with Gasteiger partial charge in [0.25, 0.3) is 0 Å². The van der Waals surface area contributed by atoms with Gasteiger partial charge in [0.15, 0.2) is 0 Å². The van der Waals surface area contributed by atoms with E-state index in [-0.39, 0.29) is 11.3 Å². The van der Waals surface area contributed by atoms with E-state index in [1.807, 2.05) is 13.8 Å². The summed E-state index contributed by atoms with van der Waals surface area (Å²) in [6.45, 7) is 3.93. The first kappa shape index (κ1) is 9.11. The Labute approximate surface area is 59.3 Å². The molecular formula is C6H15NOS. The first-order valence-corrected chi connectivity index (χ1v) is 4.79. The molecule has 0 aromatic carbocycles. The maximum absolute atomic E-state index is 10.8. The van der Waals surface area contributed by atoms with Crippen molar-refractivity contribution in [3.63, 3.8) is 0 Å². The highest BCUT2D eigenvalue weighted by molar-refractivity contribution is 7.84. The number of rotatable bonds is 3. The molecular weight excluding hydrogens is 134 g/mol. The van der Waals surface area contributed by atoms with Gasteiger partial charge in [-0.15, -0.1) is 0 Å². The van der Waals surface area contributed by atoms with Crippen LogP contribution in [0.1, 0.15) is 20.3 Å². The average Bonchev–Trinajstić information content (AvgIpc) is 1.84. The van der Waals surface area contributed by atoms with Gasteiger partial charge in [0, 0.05) is 28.3 Å². The van der Waals surface area contributed by atoms with E-state index in [9.17, 15) is 4.21 Å². The minimum Gasteiger partial charge on any atom is -0.327 e. The molecule has 3 unspecified atom stereocenters. The molecule has 0 aromatic rings. The molecule has 0 aliphatic rings. The molecule has 2 nitrogen and oxygen atoms in total. The van der Waals surface area contributed by atoms with Crippen LogP contribution in [-0.2, 0) is 10.8 Å². The molecule has 56 valence electrons. The lowest BCUT2D eigenvalue weighted by Crippen LogP contribution is -2.34. The fourth-order valence-corrected chi connectivity index (χ4v) is 1.26. The van der Waals surface area contributed by atoms with Gasteiger partial charge in [-0.3, -0.25) is 4.21 Å². The summed E-state index contributed by atoms with van der Waals surface area (Å²) in [4.78, 5) is 0. The highest BCUT2D eigenvalue weighted by atomic mass is 32.2. The summed E-state index contributed by atoms with van der Waals surface area (Å²) in [5, 5.41) is 0.134. The zero-order valence-corrected chi connectivity index (χ0v) is 7.07. The lowest BCUT2D eigenvalue weighted by atomic mass is 10.2. The summed E-state index contributed by atoms with van der Waals surface area (Å²) in [5.41, 5.74) is 5.62. The molecule has 9 heavy (non-hydrogen) atoms. The monoisotopic (exact) mass is 149 g/mol. The normalized spacial score (nSPS) is 20.9. The van der Waals surface area contributed by atoms with E-state index in [2.05, 4.69) is 0 Å². The number of nitrogens with two attached hydrogens (primary N) is 1. The highest BCUT2D eigenvalue weighted by Crippen LogP contribution is 2.00. The van der Waals surface area contributed by atoms with Crippen LogP contribution in [0, 0.1) is 0 Å². The Hall–Kier alpha value is 0.110. The number of hydrogen-bond donors (Lipinski definition) is 1. The fourth-order valence-electron chi connectivity index (χ4n) is 0.578. The van der Waals surface area contributed by atoms with Gasteiger partial charge >= 0.3 is 0 Å². The predicted octanol–water partition coefficient (Wildman–Crippen LogP) is 0.491. The van der Waals surface area contributed by atoms with E-state index in [1.54, 1.807) is 6.26 Å². The third-order valence-corrected chi connectivity index (χ3v) is 2.99. The minimum absolute atomic E-state index is 0.0934. The van der Waals surface area contributed by atoms with Crippen molar-refractivity contribution < 1.29 is 4.21 Å². The van der Waals surface area contributed by atoms with Crippen molar-refractivity contribution >= 4 is 10.8 Å². The van der Waals surface area contributed by atoms with Crippen molar-refractivity contribution in [3.8, 4) is 0 Å². The second-order valence-corrected chi connectivity index (χ2v) is 4.02. The highest BCUT2D eigenvalue weighted by Gasteiger charge is 2.12. The molecule has 0 radical (unpaired) electrons. The van der Waals surface area contributed by atoms with E-state index in [0.29, 0.717) is 0 Å². The number of hydrogen-bond acceptors (Lipinski definition) is 2. The van der Waals surface area contributed by atoms with E-state index >= 15 is 0 Å². The van der Waals surface area contributed by atoms with E-state index < -0.39 is 10.8 Å². The van der Waals surface area contributed by atoms with Crippen LogP contribution >= 0.6 is 0 Å². The third-order valence-electron chi connectivity index (χ3n) is 1.60. The Morgan fingerprint density at radius 1 is 1.67 bits per heavy atom. The topological polar surface area (TPSA) is 43.1 Å². The van der Waals surface area contributed by atoms with Crippen LogP contribution in [0.2, 0.25) is 0 Å². The first-order chi connectivity index (χ1) is 4.09. The second kappa shape index (κ2) is 4.01. The van der Waals surface area contributed by atoms with Gasteiger partial charge < -0.3 is 5.73 Å².